The van der Waals surface area contributed by atoms with Crippen molar-refractivity contribution in [3.05, 3.63) is 90.0 Å². The standard InChI is InChI=1S/C21H19N3O4/c25-20(24-19(21(26)27)11-15-6-9-22-10-7-15)17-4-1-5-18(12-17)28-14-16-3-2-8-23-13-16/h1-10,12-13,19H,11,14H2,(H,24,25)(H,26,27). The van der Waals surface area contributed by atoms with E-state index < -0.39 is 17.9 Å². The number of carbonyl (C=O) groups excluding carboxylic acids is 1. The highest BCUT2D eigenvalue weighted by atomic mass is 16.5. The lowest BCUT2D eigenvalue weighted by Crippen LogP contribution is -2.42. The van der Waals surface area contributed by atoms with Gasteiger partial charge in [0.25, 0.3) is 5.91 Å². The maximum absolute atomic E-state index is 12.5. The molecule has 1 unspecified atom stereocenters. The predicted octanol–water partition coefficient (Wildman–Crippen LogP) is 2.48. The van der Waals surface area contributed by atoms with Gasteiger partial charge in [-0.25, -0.2) is 4.79 Å². The van der Waals surface area contributed by atoms with E-state index in [0.717, 1.165) is 11.1 Å². The second kappa shape index (κ2) is 9.27. The Morgan fingerprint density at radius 3 is 2.54 bits per heavy atom. The van der Waals surface area contributed by atoms with Crippen LogP contribution in [0.5, 0.6) is 5.75 Å². The van der Waals surface area contributed by atoms with E-state index in [2.05, 4.69) is 15.3 Å². The van der Waals surface area contributed by atoms with Crippen molar-refractivity contribution in [3.8, 4) is 5.75 Å². The van der Waals surface area contributed by atoms with Crippen LogP contribution in [0.2, 0.25) is 0 Å². The first-order valence-corrected chi connectivity index (χ1v) is 8.66. The van der Waals surface area contributed by atoms with Crippen molar-refractivity contribution < 1.29 is 19.4 Å². The molecule has 0 saturated carbocycles. The van der Waals surface area contributed by atoms with Gasteiger partial charge in [-0.1, -0.05) is 12.1 Å². The highest BCUT2D eigenvalue weighted by molar-refractivity contribution is 5.97. The monoisotopic (exact) mass is 377 g/mol. The molecule has 142 valence electrons. The average molecular weight is 377 g/mol. The lowest BCUT2D eigenvalue weighted by Gasteiger charge is -2.15. The van der Waals surface area contributed by atoms with Gasteiger partial charge in [0.15, 0.2) is 0 Å². The van der Waals surface area contributed by atoms with Gasteiger partial charge in [-0.2, -0.15) is 0 Å². The number of hydrogen-bond donors (Lipinski definition) is 2. The van der Waals surface area contributed by atoms with Gasteiger partial charge in [0.2, 0.25) is 0 Å². The summed E-state index contributed by atoms with van der Waals surface area (Å²) in [6.45, 7) is 0.318. The molecule has 1 atom stereocenters. The molecule has 7 heteroatoms. The number of aromatic nitrogens is 2. The van der Waals surface area contributed by atoms with E-state index in [0.29, 0.717) is 17.9 Å². The highest BCUT2D eigenvalue weighted by Crippen LogP contribution is 2.15. The van der Waals surface area contributed by atoms with E-state index in [4.69, 9.17) is 4.74 Å². The van der Waals surface area contributed by atoms with Crippen LogP contribution in [-0.2, 0) is 17.8 Å². The van der Waals surface area contributed by atoms with Crippen molar-refractivity contribution in [1.29, 1.82) is 0 Å². The maximum atomic E-state index is 12.5. The first kappa shape index (κ1) is 19.0. The number of carbonyl (C=O) groups is 2. The average Bonchev–Trinajstić information content (AvgIpc) is 2.73. The molecule has 3 aromatic rings. The number of benzene rings is 1. The van der Waals surface area contributed by atoms with Crippen LogP contribution in [0, 0.1) is 0 Å². The minimum absolute atomic E-state index is 0.167. The van der Waals surface area contributed by atoms with Crippen molar-refractivity contribution in [2.75, 3.05) is 0 Å². The molecule has 2 aromatic heterocycles. The molecule has 1 amide bonds. The van der Waals surface area contributed by atoms with Crippen LogP contribution in [0.4, 0.5) is 0 Å². The summed E-state index contributed by atoms with van der Waals surface area (Å²) < 4.78 is 5.69. The molecule has 28 heavy (non-hydrogen) atoms. The van der Waals surface area contributed by atoms with Gasteiger partial charge in [0.1, 0.15) is 18.4 Å². The van der Waals surface area contributed by atoms with Gasteiger partial charge < -0.3 is 15.2 Å². The molecule has 0 saturated heterocycles. The second-order valence-electron chi connectivity index (χ2n) is 6.10. The predicted molar refractivity (Wildman–Crippen MR) is 102 cm³/mol. The summed E-state index contributed by atoms with van der Waals surface area (Å²) in [4.78, 5) is 32.0. The molecule has 2 N–H and O–H groups in total. The number of nitrogens with zero attached hydrogens (tertiary/aromatic N) is 2. The van der Waals surface area contributed by atoms with Gasteiger partial charge in [0.05, 0.1) is 0 Å². The number of pyridine rings is 2. The Balaban J connectivity index is 1.64. The smallest absolute Gasteiger partial charge is 0.326 e. The molecule has 3 rings (SSSR count). The molecule has 2 heterocycles. The van der Waals surface area contributed by atoms with Gasteiger partial charge in [0, 0.05) is 42.3 Å². The Hall–Kier alpha value is -3.74. The molecule has 0 fully saturated rings. The van der Waals surface area contributed by atoms with Crippen LogP contribution in [0.1, 0.15) is 21.5 Å². The third-order valence-electron chi connectivity index (χ3n) is 4.02. The number of carboxylic acids is 1. The largest absolute Gasteiger partial charge is 0.489 e. The number of ether oxygens (including phenoxy) is 1. The van der Waals surface area contributed by atoms with Crippen molar-refractivity contribution in [3.63, 3.8) is 0 Å². The number of aliphatic carboxylic acids is 1. The van der Waals surface area contributed by atoms with Crippen molar-refractivity contribution in [2.45, 2.75) is 19.1 Å². The molecule has 0 aliphatic rings. The number of carboxylic acid groups (broad SMARTS) is 1. The van der Waals surface area contributed by atoms with Crippen LogP contribution >= 0.6 is 0 Å². The molecule has 0 aliphatic carbocycles. The number of nitrogens with one attached hydrogen (secondary N) is 1. The minimum atomic E-state index is -1.10. The van der Waals surface area contributed by atoms with Crippen LogP contribution in [0.25, 0.3) is 0 Å². The van der Waals surface area contributed by atoms with E-state index in [9.17, 15) is 14.7 Å². The highest BCUT2D eigenvalue weighted by Gasteiger charge is 2.21. The third-order valence-corrected chi connectivity index (χ3v) is 4.02. The van der Waals surface area contributed by atoms with Crippen LogP contribution < -0.4 is 10.1 Å². The maximum Gasteiger partial charge on any atom is 0.326 e. The number of amides is 1. The zero-order valence-electron chi connectivity index (χ0n) is 15.0. The van der Waals surface area contributed by atoms with Gasteiger partial charge in [-0.15, -0.1) is 0 Å². The first-order valence-electron chi connectivity index (χ1n) is 8.66. The Kier molecular flexibility index (Phi) is 6.30. The van der Waals surface area contributed by atoms with Crippen molar-refractivity contribution in [2.24, 2.45) is 0 Å². The summed E-state index contributed by atoms with van der Waals surface area (Å²) in [5.74, 6) is -1.07. The summed E-state index contributed by atoms with van der Waals surface area (Å²) in [5, 5.41) is 12.0. The quantitative estimate of drug-likeness (QED) is 0.625. The fourth-order valence-corrected chi connectivity index (χ4v) is 2.57. The van der Waals surface area contributed by atoms with Crippen molar-refractivity contribution >= 4 is 11.9 Å². The van der Waals surface area contributed by atoms with Gasteiger partial charge >= 0.3 is 5.97 Å². The topological polar surface area (TPSA) is 101 Å². The van der Waals surface area contributed by atoms with Gasteiger partial charge in [-0.3, -0.25) is 14.8 Å². The third kappa shape index (κ3) is 5.38. The molecular weight excluding hydrogens is 358 g/mol. The molecule has 0 aliphatic heterocycles. The summed E-state index contributed by atoms with van der Waals surface area (Å²) >= 11 is 0. The Labute approximate surface area is 162 Å². The Morgan fingerprint density at radius 1 is 1.00 bits per heavy atom. The van der Waals surface area contributed by atoms with Crippen LogP contribution in [0.3, 0.4) is 0 Å². The lowest BCUT2D eigenvalue weighted by atomic mass is 10.1. The summed E-state index contributed by atoms with van der Waals surface area (Å²) in [6.07, 6.45) is 6.71. The zero-order chi connectivity index (χ0) is 19.8. The first-order chi connectivity index (χ1) is 13.6. The Morgan fingerprint density at radius 2 is 1.82 bits per heavy atom. The fraction of sp³-hybridized carbons (Fsp3) is 0.143. The fourth-order valence-electron chi connectivity index (χ4n) is 2.57. The molecular formula is C21H19N3O4. The van der Waals surface area contributed by atoms with Crippen LogP contribution in [0.15, 0.2) is 73.3 Å². The summed E-state index contributed by atoms with van der Waals surface area (Å²) in [7, 11) is 0. The van der Waals surface area contributed by atoms with E-state index in [1.807, 2.05) is 12.1 Å². The minimum Gasteiger partial charge on any atom is -0.489 e. The molecule has 1 aromatic carbocycles. The van der Waals surface area contributed by atoms with Gasteiger partial charge in [-0.05, 0) is 42.0 Å². The van der Waals surface area contributed by atoms with E-state index in [-0.39, 0.29) is 6.42 Å². The molecule has 7 nitrogen and oxygen atoms in total. The Bertz CT molecular complexity index is 933. The van der Waals surface area contributed by atoms with Crippen molar-refractivity contribution in [1.82, 2.24) is 15.3 Å². The molecule has 0 bridgehead atoms. The molecule has 0 spiro atoms. The SMILES string of the molecule is O=C(NC(Cc1ccncc1)C(=O)O)c1cccc(OCc2cccnc2)c1. The van der Waals surface area contributed by atoms with Crippen LogP contribution in [-0.4, -0.2) is 33.0 Å². The number of rotatable bonds is 8. The van der Waals surface area contributed by atoms with E-state index in [1.165, 1.54) is 0 Å². The molecule has 0 radical (unpaired) electrons. The van der Waals surface area contributed by atoms with E-state index in [1.54, 1.807) is 61.2 Å². The number of hydrogen-bond acceptors (Lipinski definition) is 5. The lowest BCUT2D eigenvalue weighted by molar-refractivity contribution is -0.139. The summed E-state index contributed by atoms with van der Waals surface area (Å²) in [5.41, 5.74) is 2.00. The second-order valence-corrected chi connectivity index (χ2v) is 6.10. The van der Waals surface area contributed by atoms with E-state index >= 15 is 0 Å². The zero-order valence-corrected chi connectivity index (χ0v) is 15.0. The normalized spacial score (nSPS) is 11.4. The summed E-state index contributed by atoms with van der Waals surface area (Å²) in [6, 6.07) is 12.7.